The molecule has 13 heavy (non-hydrogen) atoms. The summed E-state index contributed by atoms with van der Waals surface area (Å²) in [5, 5.41) is 0. The van der Waals surface area contributed by atoms with Gasteiger partial charge in [0.2, 0.25) is 5.91 Å². The molecule has 1 fully saturated rings. The van der Waals surface area contributed by atoms with Crippen LogP contribution in [0.25, 0.3) is 0 Å². The lowest BCUT2D eigenvalue weighted by atomic mass is 10.3. The Bertz CT molecular complexity index is 187. The second-order valence-corrected chi connectivity index (χ2v) is 2.84. The molecular weight excluding hydrogens is 187 g/mol. The lowest BCUT2D eigenvalue weighted by Gasteiger charge is -2.26. The second-order valence-electron chi connectivity index (χ2n) is 2.84. The second kappa shape index (κ2) is 3.95. The van der Waals surface area contributed by atoms with E-state index in [1.165, 1.54) is 0 Å². The molecule has 0 saturated carbocycles. The van der Waals surface area contributed by atoms with E-state index < -0.39 is 18.5 Å². The van der Waals surface area contributed by atoms with Crippen molar-refractivity contribution in [1.29, 1.82) is 0 Å². The van der Waals surface area contributed by atoms with Crippen LogP contribution in [0.3, 0.4) is 0 Å². The van der Waals surface area contributed by atoms with Gasteiger partial charge in [-0.25, -0.2) is 0 Å². The first-order valence-electron chi connectivity index (χ1n) is 3.91. The van der Waals surface area contributed by atoms with Crippen molar-refractivity contribution in [3.05, 3.63) is 0 Å². The van der Waals surface area contributed by atoms with Crippen LogP contribution in [0, 0.1) is 0 Å². The number of hydrogen-bond donors (Lipinski definition) is 0. The maximum atomic E-state index is 11.8. The maximum absolute atomic E-state index is 11.8. The molecule has 0 aromatic carbocycles. The summed E-state index contributed by atoms with van der Waals surface area (Å²) in [7, 11) is 0. The Morgan fingerprint density at radius 2 is 2.15 bits per heavy atom. The van der Waals surface area contributed by atoms with Gasteiger partial charge in [0.05, 0.1) is 6.61 Å². The average Bonchev–Trinajstić information content (AvgIpc) is 2.03. The van der Waals surface area contributed by atoms with Gasteiger partial charge in [-0.2, -0.15) is 13.2 Å². The van der Waals surface area contributed by atoms with Crippen LogP contribution in [0.2, 0.25) is 0 Å². The van der Waals surface area contributed by atoms with Crippen LogP contribution in [0.4, 0.5) is 13.2 Å². The molecule has 0 aromatic heterocycles. The summed E-state index contributed by atoms with van der Waals surface area (Å²) in [4.78, 5) is 12.0. The lowest BCUT2D eigenvalue weighted by molar-refractivity contribution is -0.167. The van der Waals surface area contributed by atoms with Crippen molar-refractivity contribution in [2.45, 2.75) is 19.0 Å². The lowest BCUT2D eigenvalue weighted by Crippen LogP contribution is -2.40. The SMILES string of the molecule is O=C(CC(F)(F)F)N1CCCOC1. The van der Waals surface area contributed by atoms with Crippen molar-refractivity contribution in [3.63, 3.8) is 0 Å². The number of halogens is 3. The molecule has 0 bridgehead atoms. The summed E-state index contributed by atoms with van der Waals surface area (Å²) in [6.45, 7) is 0.847. The first-order valence-corrected chi connectivity index (χ1v) is 3.91. The van der Waals surface area contributed by atoms with Gasteiger partial charge in [-0.05, 0) is 6.42 Å². The smallest absolute Gasteiger partial charge is 0.361 e. The van der Waals surface area contributed by atoms with Crippen LogP contribution in [0.1, 0.15) is 12.8 Å². The largest absolute Gasteiger partial charge is 0.397 e. The molecule has 1 heterocycles. The van der Waals surface area contributed by atoms with Gasteiger partial charge < -0.3 is 9.64 Å². The molecule has 0 spiro atoms. The highest BCUT2D eigenvalue weighted by molar-refractivity contribution is 5.76. The Morgan fingerprint density at radius 3 is 2.62 bits per heavy atom. The molecule has 6 heteroatoms. The van der Waals surface area contributed by atoms with Crippen molar-refractivity contribution in [2.24, 2.45) is 0 Å². The maximum Gasteiger partial charge on any atom is 0.397 e. The van der Waals surface area contributed by atoms with E-state index in [4.69, 9.17) is 4.74 Å². The van der Waals surface area contributed by atoms with Crippen molar-refractivity contribution >= 4 is 5.91 Å². The quantitative estimate of drug-likeness (QED) is 0.631. The fourth-order valence-corrected chi connectivity index (χ4v) is 1.08. The highest BCUT2D eigenvalue weighted by Crippen LogP contribution is 2.21. The molecular formula is C7H10F3NO2. The minimum atomic E-state index is -4.42. The van der Waals surface area contributed by atoms with E-state index in [0.29, 0.717) is 19.6 Å². The number of ether oxygens (including phenoxy) is 1. The van der Waals surface area contributed by atoms with Crippen molar-refractivity contribution in [3.8, 4) is 0 Å². The normalized spacial score (nSPS) is 18.8. The minimum Gasteiger partial charge on any atom is -0.361 e. The average molecular weight is 197 g/mol. The summed E-state index contributed by atoms with van der Waals surface area (Å²) in [5.41, 5.74) is 0. The van der Waals surface area contributed by atoms with E-state index in [9.17, 15) is 18.0 Å². The van der Waals surface area contributed by atoms with Crippen LogP contribution >= 0.6 is 0 Å². The third-order valence-corrected chi connectivity index (χ3v) is 1.67. The number of carbonyl (C=O) groups excluding carboxylic acids is 1. The predicted molar refractivity (Wildman–Crippen MR) is 37.8 cm³/mol. The first-order chi connectivity index (χ1) is 5.99. The minimum absolute atomic E-state index is 0.0189. The Kier molecular flexibility index (Phi) is 3.13. The molecule has 3 nitrogen and oxygen atoms in total. The Hall–Kier alpha value is -0.780. The molecule has 0 radical (unpaired) electrons. The van der Waals surface area contributed by atoms with Crippen LogP contribution < -0.4 is 0 Å². The summed E-state index contributed by atoms with van der Waals surface area (Å²) in [6.07, 6.45) is -5.21. The van der Waals surface area contributed by atoms with E-state index >= 15 is 0 Å². The Morgan fingerprint density at radius 1 is 1.46 bits per heavy atom. The standard InChI is InChI=1S/C7H10F3NO2/c8-7(9,10)4-6(12)11-2-1-3-13-5-11/h1-5H2. The summed E-state index contributed by atoms with van der Waals surface area (Å²) < 4.78 is 40.2. The first kappa shape index (κ1) is 10.3. The number of carbonyl (C=O) groups is 1. The number of rotatable bonds is 1. The third-order valence-electron chi connectivity index (χ3n) is 1.67. The third kappa shape index (κ3) is 3.63. The van der Waals surface area contributed by atoms with Gasteiger partial charge in [-0.1, -0.05) is 0 Å². The van der Waals surface area contributed by atoms with Crippen LogP contribution in [-0.4, -0.2) is 36.9 Å². The van der Waals surface area contributed by atoms with Crippen molar-refractivity contribution < 1.29 is 22.7 Å². The van der Waals surface area contributed by atoms with Gasteiger partial charge in [0.15, 0.2) is 0 Å². The monoisotopic (exact) mass is 197 g/mol. The van der Waals surface area contributed by atoms with E-state index in [1.807, 2.05) is 0 Å². The summed E-state index contributed by atoms with van der Waals surface area (Å²) in [6, 6.07) is 0. The highest BCUT2D eigenvalue weighted by Gasteiger charge is 2.33. The Balaban J connectivity index is 2.38. The van der Waals surface area contributed by atoms with Crippen LogP contribution in [0.15, 0.2) is 0 Å². The fraction of sp³-hybridized carbons (Fsp3) is 0.857. The molecule has 1 rings (SSSR count). The van der Waals surface area contributed by atoms with Gasteiger partial charge in [-0.15, -0.1) is 0 Å². The van der Waals surface area contributed by atoms with E-state index in [-0.39, 0.29) is 6.73 Å². The predicted octanol–water partition coefficient (Wildman–Crippen LogP) is 1.15. The number of hydrogen-bond acceptors (Lipinski definition) is 2. The van der Waals surface area contributed by atoms with Gasteiger partial charge in [-0.3, -0.25) is 4.79 Å². The van der Waals surface area contributed by atoms with E-state index in [0.717, 1.165) is 4.90 Å². The zero-order chi connectivity index (χ0) is 9.90. The molecule has 0 unspecified atom stereocenters. The molecule has 1 aliphatic rings. The number of alkyl halides is 3. The molecule has 0 aliphatic carbocycles. The van der Waals surface area contributed by atoms with E-state index in [2.05, 4.69) is 0 Å². The highest BCUT2D eigenvalue weighted by atomic mass is 19.4. The zero-order valence-electron chi connectivity index (χ0n) is 6.93. The summed E-state index contributed by atoms with van der Waals surface area (Å²) >= 11 is 0. The summed E-state index contributed by atoms with van der Waals surface area (Å²) in [5.74, 6) is -0.910. The molecule has 0 N–H and O–H groups in total. The molecule has 76 valence electrons. The van der Waals surface area contributed by atoms with Gasteiger partial charge >= 0.3 is 6.18 Å². The molecule has 1 saturated heterocycles. The zero-order valence-corrected chi connectivity index (χ0v) is 6.93. The molecule has 0 atom stereocenters. The van der Waals surface area contributed by atoms with Gasteiger partial charge in [0.25, 0.3) is 0 Å². The van der Waals surface area contributed by atoms with Crippen molar-refractivity contribution in [1.82, 2.24) is 4.90 Å². The Labute approximate surface area is 73.5 Å². The molecule has 0 aromatic rings. The number of amides is 1. The topological polar surface area (TPSA) is 29.5 Å². The van der Waals surface area contributed by atoms with Gasteiger partial charge in [0, 0.05) is 6.54 Å². The molecule has 1 amide bonds. The van der Waals surface area contributed by atoms with Crippen LogP contribution in [-0.2, 0) is 9.53 Å². The molecule has 1 aliphatic heterocycles. The van der Waals surface area contributed by atoms with Crippen molar-refractivity contribution in [2.75, 3.05) is 19.9 Å². The fourth-order valence-electron chi connectivity index (χ4n) is 1.08. The number of nitrogens with zero attached hydrogens (tertiary/aromatic N) is 1. The van der Waals surface area contributed by atoms with E-state index in [1.54, 1.807) is 0 Å². The van der Waals surface area contributed by atoms with Gasteiger partial charge in [0.1, 0.15) is 13.2 Å². The van der Waals surface area contributed by atoms with Crippen LogP contribution in [0.5, 0.6) is 0 Å².